The number of ether oxygens (including phenoxy) is 1. The smallest absolute Gasteiger partial charge is 0.255 e. The van der Waals surface area contributed by atoms with Gasteiger partial charge in [0.1, 0.15) is 11.6 Å². The van der Waals surface area contributed by atoms with E-state index < -0.39 is 5.82 Å². The minimum atomic E-state index is -0.455. The van der Waals surface area contributed by atoms with Crippen LogP contribution in [0, 0.1) is 12.7 Å². The van der Waals surface area contributed by atoms with Crippen molar-refractivity contribution in [3.8, 4) is 17.0 Å². The minimum Gasteiger partial charge on any atom is -0.496 e. The molecule has 2 aromatic carbocycles. The number of carbonyl (C=O) groups is 2. The maximum atomic E-state index is 14.6. The number of aromatic nitrogens is 1. The van der Waals surface area contributed by atoms with Gasteiger partial charge in [-0.25, -0.2) is 4.39 Å². The van der Waals surface area contributed by atoms with Gasteiger partial charge >= 0.3 is 0 Å². The van der Waals surface area contributed by atoms with E-state index in [1.54, 1.807) is 48.5 Å². The summed E-state index contributed by atoms with van der Waals surface area (Å²) >= 11 is 0. The molecule has 0 bridgehead atoms. The average Bonchev–Trinajstić information content (AvgIpc) is 2.86. The summed E-state index contributed by atoms with van der Waals surface area (Å²) in [6.45, 7) is 7.58. The van der Waals surface area contributed by atoms with Crippen molar-refractivity contribution in [2.75, 3.05) is 38.7 Å². The summed E-state index contributed by atoms with van der Waals surface area (Å²) in [7, 11) is 3.26. The number of hydrogen-bond donors (Lipinski definition) is 1. The zero-order valence-corrected chi connectivity index (χ0v) is 20.0. The van der Waals surface area contributed by atoms with Crippen molar-refractivity contribution in [3.63, 3.8) is 0 Å². The normalized spacial score (nSPS) is 13.5. The number of nitrogens with zero attached hydrogens (tertiary/aromatic N) is 3. The number of hydrogen-bond acceptors (Lipinski definition) is 5. The number of halogens is 1. The first-order chi connectivity index (χ1) is 16.8. The Balaban J connectivity index is 1.51. The molecule has 35 heavy (non-hydrogen) atoms. The van der Waals surface area contributed by atoms with Crippen molar-refractivity contribution in [1.29, 1.82) is 0 Å². The van der Waals surface area contributed by atoms with E-state index in [4.69, 9.17) is 4.74 Å². The maximum Gasteiger partial charge on any atom is 0.255 e. The number of nitrogens with one attached hydrogen (secondary N) is 1. The van der Waals surface area contributed by atoms with E-state index in [0.29, 0.717) is 41.4 Å². The van der Waals surface area contributed by atoms with Crippen molar-refractivity contribution < 1.29 is 18.7 Å². The number of rotatable bonds is 6. The lowest BCUT2D eigenvalue weighted by atomic mass is 10.0. The molecule has 0 aliphatic carbocycles. The lowest BCUT2D eigenvalue weighted by Gasteiger charge is -2.33. The lowest BCUT2D eigenvalue weighted by Crippen LogP contribution is -2.48. The maximum absolute atomic E-state index is 14.6. The van der Waals surface area contributed by atoms with Crippen LogP contribution in [0.25, 0.3) is 17.0 Å². The van der Waals surface area contributed by atoms with E-state index in [-0.39, 0.29) is 17.4 Å². The highest BCUT2D eigenvalue weighted by atomic mass is 19.1. The van der Waals surface area contributed by atoms with Crippen LogP contribution in [-0.4, -0.2) is 55.5 Å². The molecule has 2 amide bonds. The summed E-state index contributed by atoms with van der Waals surface area (Å²) in [6, 6.07) is 13.4. The molecule has 1 aromatic heterocycles. The Morgan fingerprint density at radius 1 is 1.17 bits per heavy atom. The lowest BCUT2D eigenvalue weighted by molar-refractivity contribution is -0.129. The second kappa shape index (κ2) is 9.97. The van der Waals surface area contributed by atoms with Gasteiger partial charge in [0.25, 0.3) is 5.91 Å². The van der Waals surface area contributed by atoms with Gasteiger partial charge in [-0.3, -0.25) is 14.6 Å². The van der Waals surface area contributed by atoms with E-state index in [2.05, 4.69) is 16.9 Å². The highest BCUT2D eigenvalue weighted by Gasteiger charge is 2.21. The molecule has 0 spiro atoms. The quantitative estimate of drug-likeness (QED) is 0.587. The van der Waals surface area contributed by atoms with Gasteiger partial charge in [-0.15, -0.1) is 0 Å². The van der Waals surface area contributed by atoms with Crippen LogP contribution in [0.3, 0.4) is 0 Å². The summed E-state index contributed by atoms with van der Waals surface area (Å²) < 4.78 is 19.9. The largest absolute Gasteiger partial charge is 0.496 e. The highest BCUT2D eigenvalue weighted by Crippen LogP contribution is 2.33. The predicted octanol–water partition coefficient (Wildman–Crippen LogP) is 3.88. The number of likely N-dealkylation sites (N-methyl/N-ethyl adjacent to an activating group) is 1. The Labute approximate surface area is 203 Å². The van der Waals surface area contributed by atoms with Gasteiger partial charge in [0.05, 0.1) is 24.9 Å². The molecule has 3 aromatic rings. The summed E-state index contributed by atoms with van der Waals surface area (Å²) in [4.78, 5) is 32.9. The molecule has 4 rings (SSSR count). The standard InChI is InChI=1S/C27H27FN4O3/c1-17-15-29-23(26-22(28)6-5-7-24(26)35-4)14-21(17)18(2)30-27(34)19-8-10-20(11-9-19)32-13-12-31(3)25(33)16-32/h5-11,14-15H,2,12-13,16H2,1,3-4H3,(H,30,34). The molecular weight excluding hydrogens is 447 g/mol. The molecule has 1 N–H and O–H groups in total. The van der Waals surface area contributed by atoms with Gasteiger partial charge in [-0.05, 0) is 55.0 Å². The van der Waals surface area contributed by atoms with Gasteiger partial charge in [0.2, 0.25) is 5.91 Å². The number of anilines is 1. The molecule has 8 heteroatoms. The summed E-state index contributed by atoms with van der Waals surface area (Å²) in [5.41, 5.74) is 3.76. The molecule has 180 valence electrons. The van der Waals surface area contributed by atoms with Crippen LogP contribution in [0.4, 0.5) is 10.1 Å². The third kappa shape index (κ3) is 5.01. The van der Waals surface area contributed by atoms with E-state index in [0.717, 1.165) is 17.8 Å². The molecule has 0 atom stereocenters. The SMILES string of the molecule is C=C(NC(=O)c1ccc(N2CCN(C)C(=O)C2)cc1)c1cc(-c2c(F)cccc2OC)ncc1C. The molecule has 0 unspecified atom stereocenters. The van der Waals surface area contributed by atoms with Gasteiger partial charge in [-0.1, -0.05) is 12.6 Å². The number of amides is 2. The fourth-order valence-electron chi connectivity index (χ4n) is 3.99. The van der Waals surface area contributed by atoms with Crippen LogP contribution in [-0.2, 0) is 4.79 Å². The van der Waals surface area contributed by atoms with Crippen LogP contribution in [0.15, 0.2) is 61.3 Å². The topological polar surface area (TPSA) is 74.8 Å². The number of methoxy groups -OCH3 is 1. The third-order valence-corrected chi connectivity index (χ3v) is 6.10. The van der Waals surface area contributed by atoms with Gasteiger partial charge in [0.15, 0.2) is 0 Å². The van der Waals surface area contributed by atoms with E-state index >= 15 is 0 Å². The van der Waals surface area contributed by atoms with Crippen LogP contribution in [0.1, 0.15) is 21.5 Å². The molecular formula is C27H27FN4O3. The summed E-state index contributed by atoms with van der Waals surface area (Å²) in [5, 5.41) is 2.83. The fourth-order valence-corrected chi connectivity index (χ4v) is 3.99. The van der Waals surface area contributed by atoms with Gasteiger partial charge < -0.3 is 19.9 Å². The van der Waals surface area contributed by atoms with Crippen molar-refractivity contribution in [2.24, 2.45) is 0 Å². The van der Waals surface area contributed by atoms with Crippen molar-refractivity contribution >= 4 is 23.2 Å². The Bertz CT molecular complexity index is 1290. The first kappa shape index (κ1) is 23.9. The number of benzene rings is 2. The molecule has 1 fully saturated rings. The Morgan fingerprint density at radius 3 is 2.60 bits per heavy atom. The monoisotopic (exact) mass is 474 g/mol. The highest BCUT2D eigenvalue weighted by molar-refractivity contribution is 6.00. The van der Waals surface area contributed by atoms with Crippen LogP contribution >= 0.6 is 0 Å². The van der Waals surface area contributed by atoms with Crippen molar-refractivity contribution in [2.45, 2.75) is 6.92 Å². The Hall–Kier alpha value is -4.20. The summed E-state index contributed by atoms with van der Waals surface area (Å²) in [5.74, 6) is -0.348. The minimum absolute atomic E-state index is 0.0643. The predicted molar refractivity (Wildman–Crippen MR) is 134 cm³/mol. The number of carbonyl (C=O) groups excluding carboxylic acids is 2. The molecule has 1 aliphatic rings. The molecule has 7 nitrogen and oxygen atoms in total. The average molecular weight is 475 g/mol. The van der Waals surface area contributed by atoms with E-state index in [1.807, 2.05) is 24.0 Å². The second-order valence-corrected chi connectivity index (χ2v) is 8.42. The van der Waals surface area contributed by atoms with Crippen LogP contribution in [0.5, 0.6) is 5.75 Å². The van der Waals surface area contributed by atoms with Gasteiger partial charge in [-0.2, -0.15) is 0 Å². The first-order valence-electron chi connectivity index (χ1n) is 11.2. The van der Waals surface area contributed by atoms with Crippen molar-refractivity contribution in [1.82, 2.24) is 15.2 Å². The molecule has 1 saturated heterocycles. The first-order valence-corrected chi connectivity index (χ1v) is 11.2. The number of aryl methyl sites for hydroxylation is 1. The third-order valence-electron chi connectivity index (χ3n) is 6.10. The summed E-state index contributed by atoms with van der Waals surface area (Å²) in [6.07, 6.45) is 1.61. The van der Waals surface area contributed by atoms with Crippen LogP contribution < -0.4 is 15.0 Å². The zero-order valence-electron chi connectivity index (χ0n) is 20.0. The molecule has 2 heterocycles. The molecule has 0 radical (unpaired) electrons. The van der Waals surface area contributed by atoms with Gasteiger partial charge in [0, 0.05) is 48.8 Å². The van der Waals surface area contributed by atoms with E-state index in [9.17, 15) is 14.0 Å². The number of piperazine rings is 1. The molecule has 1 aliphatic heterocycles. The Morgan fingerprint density at radius 2 is 1.91 bits per heavy atom. The number of pyridine rings is 1. The zero-order chi connectivity index (χ0) is 25.1. The van der Waals surface area contributed by atoms with E-state index in [1.165, 1.54) is 13.2 Å². The molecule has 0 saturated carbocycles. The van der Waals surface area contributed by atoms with Crippen LogP contribution in [0.2, 0.25) is 0 Å². The second-order valence-electron chi connectivity index (χ2n) is 8.42. The Kier molecular flexibility index (Phi) is 6.82. The van der Waals surface area contributed by atoms with Crippen molar-refractivity contribution in [3.05, 3.63) is 83.8 Å². The fraction of sp³-hybridized carbons (Fsp3) is 0.222.